The van der Waals surface area contributed by atoms with Crippen molar-refractivity contribution >= 4 is 146 Å². The summed E-state index contributed by atoms with van der Waals surface area (Å²) in [6.07, 6.45) is 23.2. The van der Waals surface area contributed by atoms with Crippen molar-refractivity contribution in [3.63, 3.8) is 0 Å². The van der Waals surface area contributed by atoms with Gasteiger partial charge in [-0.15, -0.1) is 22.7 Å². The first-order valence-electron chi connectivity index (χ1n) is 30.4. The minimum absolute atomic E-state index is 0. The molecule has 0 aromatic heterocycles. The summed E-state index contributed by atoms with van der Waals surface area (Å²) in [5.74, 6) is 2.49. The van der Waals surface area contributed by atoms with Crippen LogP contribution in [0.2, 0.25) is 0 Å². The van der Waals surface area contributed by atoms with Gasteiger partial charge in [-0.3, -0.25) is 0 Å². The van der Waals surface area contributed by atoms with Gasteiger partial charge in [-0.1, -0.05) is 242 Å². The zero-order valence-electron chi connectivity index (χ0n) is 51.5. The number of allylic oxidation sites excluding steroid dienone is 4. The van der Waals surface area contributed by atoms with Crippen molar-refractivity contribution in [2.24, 2.45) is 0 Å². The van der Waals surface area contributed by atoms with Gasteiger partial charge < -0.3 is 46.5 Å². The second-order valence-corrected chi connectivity index (χ2v) is 33.7. The zero-order valence-corrected chi connectivity index (χ0v) is 61.3. The Morgan fingerprint density at radius 1 is 0.266 bits per heavy atom. The second-order valence-electron chi connectivity index (χ2n) is 21.6. The molecule has 474 valence electrons. The molecule has 4 aliphatic heterocycles. The molecular formula is C81H70Cu2N4P4PtS2+4. The van der Waals surface area contributed by atoms with Crippen LogP contribution in [0.3, 0.4) is 0 Å². The average Bonchev–Trinajstić information content (AvgIpc) is 0.946. The Bertz CT molecular complexity index is 3840. The van der Waals surface area contributed by atoms with Crippen molar-refractivity contribution < 1.29 is 55.2 Å². The molecule has 13 heteroatoms. The Hall–Kier alpha value is -7.05. The van der Waals surface area contributed by atoms with E-state index in [2.05, 4.69) is 312 Å². The van der Waals surface area contributed by atoms with E-state index in [9.17, 15) is 0 Å². The van der Waals surface area contributed by atoms with Crippen LogP contribution in [-0.4, -0.2) is 11.8 Å². The summed E-state index contributed by atoms with van der Waals surface area (Å²) in [7, 11) is -3.39. The van der Waals surface area contributed by atoms with Crippen LogP contribution < -0.4 is 63.3 Å². The summed E-state index contributed by atoms with van der Waals surface area (Å²) in [5, 5.41) is 34.0. The molecule has 4 aliphatic rings. The van der Waals surface area contributed by atoms with Crippen molar-refractivity contribution in [1.29, 1.82) is 0 Å². The van der Waals surface area contributed by atoms with Crippen molar-refractivity contribution in [3.05, 3.63) is 382 Å². The monoisotopic (exact) mass is 1610 g/mol. The van der Waals surface area contributed by atoms with Gasteiger partial charge in [0.1, 0.15) is 74.1 Å². The van der Waals surface area contributed by atoms with Crippen molar-refractivity contribution in [2.75, 3.05) is 11.8 Å². The maximum Gasteiger partial charge on any atom is 2.00 e. The summed E-state index contributed by atoms with van der Waals surface area (Å²) >= 11 is 9.85. The predicted octanol–water partition coefficient (Wildman–Crippen LogP) is 15.8. The number of benzene rings is 11. The minimum Gasteiger partial charge on any atom is -0.781 e. The Labute approximate surface area is 606 Å². The van der Waals surface area contributed by atoms with E-state index >= 15 is 0 Å². The molecule has 11 aromatic carbocycles. The summed E-state index contributed by atoms with van der Waals surface area (Å²) in [6.45, 7) is 2.00. The molecule has 0 saturated heterocycles. The Morgan fingerprint density at radius 3 is 0.649 bits per heavy atom. The Kier molecular flexibility index (Phi) is 29.8. The average molecular weight is 1610 g/mol. The van der Waals surface area contributed by atoms with Crippen LogP contribution in [0.15, 0.2) is 344 Å². The maximum absolute atomic E-state index is 4.94. The summed E-state index contributed by atoms with van der Waals surface area (Å²) < 4.78 is 0. The second kappa shape index (κ2) is 38.5. The summed E-state index contributed by atoms with van der Waals surface area (Å²) in [5.41, 5.74) is 5.08. The Morgan fingerprint density at radius 2 is 0.468 bits per heavy atom. The fraction of sp³-hybridized carbons (Fsp3) is 0.0370. The van der Waals surface area contributed by atoms with Crippen molar-refractivity contribution in [1.82, 2.24) is 0 Å². The van der Waals surface area contributed by atoms with E-state index in [0.717, 1.165) is 53.4 Å². The van der Waals surface area contributed by atoms with Gasteiger partial charge in [0.2, 0.25) is 0 Å². The SMILES string of the molecule is C1=C[N-]c2c3c(ccc2=C1)=CC=C[N-]3.C1=C[N-]c2c3c(ccc2=C1)=CC=C[N-]3.Cc1ccc([S-])c([S-])c1.[Cu+2].[Cu+2].[Pt+2].c1ccc([PH+](C[PH+](c2ccccc2)c2ccccc2)c2ccccc2)cc1.c1ccc([PH+](C[PH+](c2ccccc2)c2ccccc2)c2ccccc2)cc1. The fourth-order valence-electron chi connectivity index (χ4n) is 10.9. The van der Waals surface area contributed by atoms with Crippen LogP contribution in [0, 0.1) is 6.92 Å². The molecule has 0 atom stereocenters. The van der Waals surface area contributed by atoms with E-state index < -0.39 is 31.7 Å². The summed E-state index contributed by atoms with van der Waals surface area (Å²) in [6, 6.07) is 103. The molecule has 0 N–H and O–H groups in total. The minimum atomic E-state index is -0.847. The van der Waals surface area contributed by atoms with Gasteiger partial charge in [0.15, 0.2) is 11.8 Å². The van der Waals surface area contributed by atoms with E-state index in [1.807, 2.05) is 49.4 Å². The topological polar surface area (TPSA) is 56.4 Å². The smallest absolute Gasteiger partial charge is 0.781 e. The maximum atomic E-state index is 4.94. The molecule has 0 fully saturated rings. The van der Waals surface area contributed by atoms with Gasteiger partial charge >= 0.3 is 55.2 Å². The normalized spacial score (nSPS) is 11.8. The third-order valence-corrected chi connectivity index (χ3v) is 30.2. The van der Waals surface area contributed by atoms with Crippen LogP contribution >= 0.6 is 31.7 Å². The third kappa shape index (κ3) is 20.2. The number of hydrogen-bond acceptors (Lipinski definition) is 2. The molecule has 4 heterocycles. The van der Waals surface area contributed by atoms with Gasteiger partial charge in [-0.05, 0) is 125 Å². The van der Waals surface area contributed by atoms with E-state index in [-0.39, 0.29) is 55.2 Å². The number of fused-ring (bicyclic) bond motifs is 6. The molecule has 11 aromatic rings. The van der Waals surface area contributed by atoms with Gasteiger partial charge in [-0.2, -0.15) is 34.6 Å². The van der Waals surface area contributed by atoms with E-state index in [4.69, 9.17) is 25.3 Å². The van der Waals surface area contributed by atoms with E-state index in [1.54, 1.807) is 24.8 Å². The molecule has 0 aliphatic carbocycles. The largest absolute Gasteiger partial charge is 2.00 e. The molecule has 0 saturated carbocycles. The molecule has 2 radical (unpaired) electrons. The zero-order chi connectivity index (χ0) is 62.2. The van der Waals surface area contributed by atoms with Crippen molar-refractivity contribution in [2.45, 2.75) is 16.7 Å². The van der Waals surface area contributed by atoms with Crippen molar-refractivity contribution in [3.8, 4) is 0 Å². The van der Waals surface area contributed by atoms with Gasteiger partial charge in [-0.25, -0.2) is 0 Å². The van der Waals surface area contributed by atoms with Gasteiger partial charge in [0, 0.05) is 0 Å². The molecule has 0 bridgehead atoms. The van der Waals surface area contributed by atoms with Crippen LogP contribution in [0.25, 0.3) is 45.6 Å². The predicted molar refractivity (Wildman–Crippen MR) is 412 cm³/mol. The molecule has 0 unspecified atom stereocenters. The van der Waals surface area contributed by atoms with E-state index in [0.29, 0.717) is 0 Å². The third-order valence-electron chi connectivity index (χ3n) is 15.5. The molecule has 94 heavy (non-hydrogen) atoms. The quantitative estimate of drug-likeness (QED) is 0.0695. The van der Waals surface area contributed by atoms with Gasteiger partial charge in [0.25, 0.3) is 0 Å². The molecular weight excluding hydrogens is 1540 g/mol. The van der Waals surface area contributed by atoms with E-state index in [1.165, 1.54) is 59.8 Å². The number of aryl methyl sites for hydroxylation is 1. The molecule has 15 rings (SSSR count). The molecule has 0 amide bonds. The van der Waals surface area contributed by atoms with Gasteiger partial charge in [0.05, 0.1) is 0 Å². The van der Waals surface area contributed by atoms with Crippen LogP contribution in [0.4, 0.5) is 22.7 Å². The Balaban J connectivity index is 0.000000157. The first-order valence-corrected chi connectivity index (χ1v) is 38.1. The number of nitrogens with zero attached hydrogens (tertiary/aromatic N) is 4. The molecule has 4 nitrogen and oxygen atoms in total. The number of hydrogen-bond donors (Lipinski definition) is 0. The molecule has 0 spiro atoms. The fourth-order valence-corrected chi connectivity index (χ4v) is 26.8. The first kappa shape index (κ1) is 72.8. The standard InChI is InChI=1S/2C25H22P2.2C12H8N2.C7H8S2.2Cu.Pt/c2*1-5-13-22(14-6-1)26(23-15-7-2-8-16-23)21-27(24-17-9-3-10-18-24)25-19-11-4-12-20-25;2*1-3-9-5-6-10-4-2-8-14-12(10)11(9)13-7-1;1-5-2-3-6(8)7(9)4-5;;;/h2*1-20H,21H2;2*1-8H;2-4,8-9H,1H3;;;/q;;2*-2;;3*+2/p+2. The number of rotatable bonds is 12. The van der Waals surface area contributed by atoms with Crippen LogP contribution in [0.5, 0.6) is 0 Å². The summed E-state index contributed by atoms with van der Waals surface area (Å²) in [4.78, 5) is 1.56. The first-order chi connectivity index (χ1) is 44.9. The van der Waals surface area contributed by atoms with Crippen LogP contribution in [0.1, 0.15) is 5.56 Å². The van der Waals surface area contributed by atoms with Crippen LogP contribution in [-0.2, 0) is 80.5 Å².